The molecule has 3 nitrogen and oxygen atoms in total. The van der Waals surface area contributed by atoms with Gasteiger partial charge in [0.1, 0.15) is 0 Å². The van der Waals surface area contributed by atoms with Gasteiger partial charge in [0.25, 0.3) is 0 Å². The monoisotopic (exact) mass is 306 g/mol. The standard InChI is InChI=1S/C15H25F3N2O/c1-14(19)7-3-2-4-12(14)13(21)20(10-11-5-6-11)9-8-15(16,17)18/h11-12H,2-10,19H2,1H3. The van der Waals surface area contributed by atoms with E-state index in [1.807, 2.05) is 6.92 Å². The van der Waals surface area contributed by atoms with Crippen LogP contribution in [-0.2, 0) is 4.79 Å². The SMILES string of the molecule is CC1(N)CCCCC1C(=O)N(CCC(F)(F)F)CC1CC1. The minimum absolute atomic E-state index is 0.171. The highest BCUT2D eigenvalue weighted by molar-refractivity contribution is 5.80. The van der Waals surface area contributed by atoms with Crippen LogP contribution in [0.15, 0.2) is 0 Å². The van der Waals surface area contributed by atoms with Gasteiger partial charge in [0.05, 0.1) is 12.3 Å². The quantitative estimate of drug-likeness (QED) is 0.848. The smallest absolute Gasteiger partial charge is 0.342 e. The van der Waals surface area contributed by atoms with E-state index in [0.29, 0.717) is 18.9 Å². The van der Waals surface area contributed by atoms with Crippen molar-refractivity contribution in [2.75, 3.05) is 13.1 Å². The summed E-state index contributed by atoms with van der Waals surface area (Å²) in [6.45, 7) is 2.08. The van der Waals surface area contributed by atoms with Crippen LogP contribution in [0.25, 0.3) is 0 Å². The van der Waals surface area contributed by atoms with Crippen molar-refractivity contribution < 1.29 is 18.0 Å². The van der Waals surface area contributed by atoms with E-state index < -0.39 is 18.1 Å². The summed E-state index contributed by atoms with van der Waals surface area (Å²) in [4.78, 5) is 14.1. The van der Waals surface area contributed by atoms with E-state index in [1.54, 1.807) is 0 Å². The van der Waals surface area contributed by atoms with Gasteiger partial charge in [0.2, 0.25) is 5.91 Å². The number of hydrogen-bond acceptors (Lipinski definition) is 2. The summed E-state index contributed by atoms with van der Waals surface area (Å²) in [6.07, 6.45) is 0.251. The molecule has 0 aromatic heterocycles. The molecule has 6 heteroatoms. The molecular formula is C15H25F3N2O. The fourth-order valence-corrected chi connectivity index (χ4v) is 3.15. The lowest BCUT2D eigenvalue weighted by molar-refractivity contribution is -0.149. The first-order valence-corrected chi connectivity index (χ1v) is 7.83. The van der Waals surface area contributed by atoms with Gasteiger partial charge in [0, 0.05) is 18.6 Å². The Kier molecular flexibility index (Phi) is 4.85. The molecular weight excluding hydrogens is 281 g/mol. The van der Waals surface area contributed by atoms with Crippen LogP contribution in [-0.4, -0.2) is 35.6 Å². The maximum atomic E-state index is 12.7. The Labute approximate surface area is 124 Å². The largest absolute Gasteiger partial charge is 0.390 e. The number of nitrogens with two attached hydrogens (primary N) is 1. The maximum Gasteiger partial charge on any atom is 0.390 e. The van der Waals surface area contributed by atoms with Gasteiger partial charge in [-0.2, -0.15) is 13.2 Å². The van der Waals surface area contributed by atoms with Crippen LogP contribution in [0.4, 0.5) is 13.2 Å². The van der Waals surface area contributed by atoms with Crippen molar-refractivity contribution in [2.24, 2.45) is 17.6 Å². The Morgan fingerprint density at radius 1 is 1.29 bits per heavy atom. The first-order valence-electron chi connectivity index (χ1n) is 7.83. The molecule has 0 saturated heterocycles. The van der Waals surface area contributed by atoms with E-state index in [2.05, 4.69) is 0 Å². The molecule has 2 fully saturated rings. The first-order chi connectivity index (χ1) is 9.69. The molecule has 2 aliphatic carbocycles. The number of alkyl halides is 3. The summed E-state index contributed by atoms with van der Waals surface area (Å²) in [5, 5.41) is 0. The molecule has 2 unspecified atom stereocenters. The summed E-state index contributed by atoms with van der Waals surface area (Å²) < 4.78 is 37.4. The van der Waals surface area contributed by atoms with E-state index in [0.717, 1.165) is 32.1 Å². The summed E-state index contributed by atoms with van der Waals surface area (Å²) in [5.74, 6) is -0.121. The fraction of sp³-hybridized carbons (Fsp3) is 0.933. The summed E-state index contributed by atoms with van der Waals surface area (Å²) in [5.41, 5.74) is 5.63. The van der Waals surface area contributed by atoms with E-state index in [-0.39, 0.29) is 18.4 Å². The predicted octanol–water partition coefficient (Wildman–Crippen LogP) is 3.09. The highest BCUT2D eigenvalue weighted by atomic mass is 19.4. The van der Waals surface area contributed by atoms with Crippen LogP contribution in [0.2, 0.25) is 0 Å². The Bertz CT molecular complexity index is 378. The lowest BCUT2D eigenvalue weighted by atomic mass is 9.74. The topological polar surface area (TPSA) is 46.3 Å². The van der Waals surface area contributed by atoms with Crippen molar-refractivity contribution >= 4 is 5.91 Å². The predicted molar refractivity (Wildman–Crippen MR) is 74.5 cm³/mol. The van der Waals surface area contributed by atoms with E-state index in [9.17, 15) is 18.0 Å². The molecule has 0 aromatic carbocycles. The maximum absolute atomic E-state index is 12.7. The molecule has 2 N–H and O–H groups in total. The number of carbonyl (C=O) groups is 1. The number of amides is 1. The number of halogens is 3. The third kappa shape index (κ3) is 4.87. The highest BCUT2D eigenvalue weighted by Crippen LogP contribution is 2.35. The van der Waals surface area contributed by atoms with Gasteiger partial charge in [-0.15, -0.1) is 0 Å². The van der Waals surface area contributed by atoms with Crippen LogP contribution in [0.3, 0.4) is 0 Å². The lowest BCUT2D eigenvalue weighted by Gasteiger charge is -2.40. The fourth-order valence-electron chi connectivity index (χ4n) is 3.15. The van der Waals surface area contributed by atoms with Crippen LogP contribution >= 0.6 is 0 Å². The Morgan fingerprint density at radius 3 is 2.48 bits per heavy atom. The van der Waals surface area contributed by atoms with Crippen molar-refractivity contribution in [1.29, 1.82) is 0 Å². The zero-order valence-corrected chi connectivity index (χ0v) is 12.6. The molecule has 0 aliphatic heterocycles. The number of nitrogens with zero attached hydrogens (tertiary/aromatic N) is 1. The van der Waals surface area contributed by atoms with Crippen molar-refractivity contribution in [3.05, 3.63) is 0 Å². The summed E-state index contributed by atoms with van der Waals surface area (Å²) in [6, 6.07) is 0. The van der Waals surface area contributed by atoms with Gasteiger partial charge in [0.15, 0.2) is 0 Å². The molecule has 2 rings (SSSR count). The van der Waals surface area contributed by atoms with Crippen LogP contribution in [0.5, 0.6) is 0 Å². The summed E-state index contributed by atoms with van der Waals surface area (Å²) >= 11 is 0. The molecule has 0 bridgehead atoms. The zero-order chi connectivity index (χ0) is 15.7. The van der Waals surface area contributed by atoms with Gasteiger partial charge in [-0.3, -0.25) is 4.79 Å². The first kappa shape index (κ1) is 16.6. The average molecular weight is 306 g/mol. The zero-order valence-electron chi connectivity index (χ0n) is 12.6. The molecule has 1 amide bonds. The molecule has 0 spiro atoms. The third-order valence-corrected chi connectivity index (χ3v) is 4.70. The van der Waals surface area contributed by atoms with Crippen molar-refractivity contribution in [2.45, 2.75) is 63.6 Å². The minimum atomic E-state index is -4.22. The van der Waals surface area contributed by atoms with Gasteiger partial charge >= 0.3 is 6.18 Å². The highest BCUT2D eigenvalue weighted by Gasteiger charge is 2.41. The molecule has 0 aromatic rings. The van der Waals surface area contributed by atoms with Gasteiger partial charge in [-0.05, 0) is 38.5 Å². The van der Waals surface area contributed by atoms with Crippen LogP contribution in [0.1, 0.15) is 51.9 Å². The number of rotatable bonds is 5. The molecule has 0 radical (unpaired) electrons. The van der Waals surface area contributed by atoms with E-state index >= 15 is 0 Å². The van der Waals surface area contributed by atoms with Crippen LogP contribution < -0.4 is 5.73 Å². The van der Waals surface area contributed by atoms with Crippen LogP contribution in [0, 0.1) is 11.8 Å². The van der Waals surface area contributed by atoms with Crippen molar-refractivity contribution in [1.82, 2.24) is 4.90 Å². The molecule has 2 atom stereocenters. The normalized spacial score (nSPS) is 30.2. The number of hydrogen-bond donors (Lipinski definition) is 1. The van der Waals surface area contributed by atoms with Gasteiger partial charge in [-0.25, -0.2) is 0 Å². The van der Waals surface area contributed by atoms with Crippen molar-refractivity contribution in [3.63, 3.8) is 0 Å². The molecule has 2 saturated carbocycles. The Hall–Kier alpha value is -0.780. The lowest BCUT2D eigenvalue weighted by Crippen LogP contribution is -2.54. The van der Waals surface area contributed by atoms with Crippen molar-refractivity contribution in [3.8, 4) is 0 Å². The van der Waals surface area contributed by atoms with E-state index in [4.69, 9.17) is 5.73 Å². The van der Waals surface area contributed by atoms with Gasteiger partial charge < -0.3 is 10.6 Å². The number of carbonyl (C=O) groups excluding carboxylic acids is 1. The summed E-state index contributed by atoms with van der Waals surface area (Å²) in [7, 11) is 0. The second kappa shape index (κ2) is 6.15. The average Bonchev–Trinajstić information content (AvgIpc) is 3.16. The third-order valence-electron chi connectivity index (χ3n) is 4.70. The molecule has 122 valence electrons. The molecule has 2 aliphatic rings. The van der Waals surface area contributed by atoms with Gasteiger partial charge in [-0.1, -0.05) is 12.8 Å². The second-order valence-electron chi connectivity index (χ2n) is 6.90. The molecule has 21 heavy (non-hydrogen) atoms. The second-order valence-corrected chi connectivity index (χ2v) is 6.90. The minimum Gasteiger partial charge on any atom is -0.342 e. The Balaban J connectivity index is 2.01. The molecule has 0 heterocycles. The van der Waals surface area contributed by atoms with E-state index in [1.165, 1.54) is 4.90 Å². The Morgan fingerprint density at radius 2 is 1.95 bits per heavy atom.